The minimum absolute atomic E-state index is 0.103. The largest absolute Gasteiger partial charge is 0.356 e. The highest BCUT2D eigenvalue weighted by Crippen LogP contribution is 2.30. The zero-order valence-electron chi connectivity index (χ0n) is 11.7. The fourth-order valence-electron chi connectivity index (χ4n) is 2.13. The minimum atomic E-state index is 0.103. The minimum Gasteiger partial charge on any atom is -0.356 e. The number of benzene rings is 1. The number of nitrogens with one attached hydrogen (secondary N) is 1. The zero-order chi connectivity index (χ0) is 14.5. The third-order valence-electron chi connectivity index (χ3n) is 3.31. The number of anilines is 1. The van der Waals surface area contributed by atoms with Gasteiger partial charge in [0, 0.05) is 29.0 Å². The molecule has 1 heterocycles. The predicted octanol–water partition coefficient (Wildman–Crippen LogP) is 5.01. The van der Waals surface area contributed by atoms with Crippen molar-refractivity contribution in [1.82, 2.24) is 9.55 Å². The summed E-state index contributed by atoms with van der Waals surface area (Å²) in [6.07, 6.45) is 6.05. The van der Waals surface area contributed by atoms with Crippen LogP contribution >= 0.6 is 23.2 Å². The Balaban J connectivity index is 2.20. The van der Waals surface area contributed by atoms with Crippen molar-refractivity contribution in [2.45, 2.75) is 32.7 Å². The van der Waals surface area contributed by atoms with Gasteiger partial charge >= 0.3 is 0 Å². The van der Waals surface area contributed by atoms with Crippen molar-refractivity contribution in [1.29, 1.82) is 0 Å². The van der Waals surface area contributed by atoms with Crippen LogP contribution in [0.4, 0.5) is 5.95 Å². The van der Waals surface area contributed by atoms with Gasteiger partial charge in [-0.2, -0.15) is 0 Å². The Morgan fingerprint density at radius 2 is 2.15 bits per heavy atom. The normalized spacial score (nSPS) is 12.4. The van der Waals surface area contributed by atoms with Gasteiger partial charge in [-0.15, -0.1) is 0 Å². The van der Waals surface area contributed by atoms with Gasteiger partial charge in [0.25, 0.3) is 0 Å². The molecule has 0 saturated carbocycles. The lowest BCUT2D eigenvalue weighted by atomic mass is 10.1. The maximum absolute atomic E-state index is 6.28. The Morgan fingerprint density at radius 3 is 2.85 bits per heavy atom. The first kappa shape index (κ1) is 15.2. The Kier molecular flexibility index (Phi) is 5.32. The quantitative estimate of drug-likeness (QED) is 0.760. The Hall–Kier alpha value is -1.19. The molecule has 0 spiro atoms. The molecule has 0 aliphatic carbocycles. The summed E-state index contributed by atoms with van der Waals surface area (Å²) in [5.74, 6) is 0.872. The van der Waals surface area contributed by atoms with Gasteiger partial charge in [-0.3, -0.25) is 0 Å². The van der Waals surface area contributed by atoms with E-state index >= 15 is 0 Å². The van der Waals surface area contributed by atoms with E-state index in [1.165, 1.54) is 0 Å². The number of rotatable bonds is 6. The zero-order valence-corrected chi connectivity index (χ0v) is 13.2. The van der Waals surface area contributed by atoms with Crippen LogP contribution in [0.15, 0.2) is 30.6 Å². The van der Waals surface area contributed by atoms with Crippen LogP contribution in [0.5, 0.6) is 0 Å². The number of unbranched alkanes of at least 4 members (excludes halogenated alkanes) is 1. The lowest BCUT2D eigenvalue weighted by molar-refractivity contribution is 0.641. The van der Waals surface area contributed by atoms with Gasteiger partial charge in [-0.05, 0) is 31.0 Å². The molecule has 0 saturated heterocycles. The Bertz CT molecular complexity index is 566. The number of hydrogen-bond acceptors (Lipinski definition) is 2. The predicted molar refractivity (Wildman–Crippen MR) is 85.9 cm³/mol. The smallest absolute Gasteiger partial charge is 0.203 e. The van der Waals surface area contributed by atoms with E-state index in [0.29, 0.717) is 10.0 Å². The molecule has 20 heavy (non-hydrogen) atoms. The summed E-state index contributed by atoms with van der Waals surface area (Å²) >= 11 is 12.2. The van der Waals surface area contributed by atoms with Gasteiger partial charge in [-0.25, -0.2) is 4.98 Å². The lowest BCUT2D eigenvalue weighted by Gasteiger charge is -2.18. The number of hydrogen-bond donors (Lipinski definition) is 1. The molecule has 108 valence electrons. The van der Waals surface area contributed by atoms with Gasteiger partial charge in [0.15, 0.2) is 0 Å². The molecule has 0 aliphatic heterocycles. The fourth-order valence-corrected chi connectivity index (χ4v) is 2.70. The van der Waals surface area contributed by atoms with Crippen molar-refractivity contribution in [3.8, 4) is 0 Å². The molecule has 0 amide bonds. The van der Waals surface area contributed by atoms with Crippen LogP contribution in [0.2, 0.25) is 10.0 Å². The van der Waals surface area contributed by atoms with E-state index in [1.54, 1.807) is 12.3 Å². The molecule has 0 fully saturated rings. The molecule has 1 N–H and O–H groups in total. The maximum Gasteiger partial charge on any atom is 0.203 e. The monoisotopic (exact) mass is 311 g/mol. The highest BCUT2D eigenvalue weighted by atomic mass is 35.5. The van der Waals surface area contributed by atoms with Crippen LogP contribution in [0.1, 0.15) is 38.3 Å². The van der Waals surface area contributed by atoms with Crippen LogP contribution in [-0.4, -0.2) is 16.1 Å². The molecule has 1 atom stereocenters. The first-order valence-corrected chi connectivity index (χ1v) is 7.60. The molecule has 5 heteroatoms. The number of imidazole rings is 1. The molecule has 1 aromatic heterocycles. The molecule has 0 radical (unpaired) electrons. The summed E-state index contributed by atoms with van der Waals surface area (Å²) in [5, 5.41) is 4.69. The maximum atomic E-state index is 6.28. The first-order chi connectivity index (χ1) is 9.63. The highest BCUT2D eigenvalue weighted by molar-refractivity contribution is 6.35. The molecule has 2 rings (SSSR count). The Morgan fingerprint density at radius 1 is 1.35 bits per heavy atom. The Labute approximate surface area is 129 Å². The molecular weight excluding hydrogens is 293 g/mol. The molecule has 2 aromatic rings. The standard InChI is InChI=1S/C15H19Cl2N3/c1-3-4-7-18-15-19-8-9-20(15)11(2)13-6-5-12(16)10-14(13)17/h5-6,8-11H,3-4,7H2,1-2H3,(H,18,19). The summed E-state index contributed by atoms with van der Waals surface area (Å²) in [4.78, 5) is 4.36. The number of halogens is 2. The summed E-state index contributed by atoms with van der Waals surface area (Å²) in [6, 6.07) is 5.70. The number of aromatic nitrogens is 2. The van der Waals surface area contributed by atoms with Gasteiger partial charge in [0.1, 0.15) is 0 Å². The van der Waals surface area contributed by atoms with Crippen molar-refractivity contribution in [3.05, 3.63) is 46.2 Å². The molecule has 1 unspecified atom stereocenters. The van der Waals surface area contributed by atoms with Gasteiger partial charge in [0.2, 0.25) is 5.95 Å². The van der Waals surface area contributed by atoms with Crippen LogP contribution in [0.3, 0.4) is 0 Å². The van der Waals surface area contributed by atoms with Gasteiger partial charge in [-0.1, -0.05) is 42.6 Å². The average molecular weight is 312 g/mol. The van der Waals surface area contributed by atoms with Gasteiger partial charge < -0.3 is 9.88 Å². The SMILES string of the molecule is CCCCNc1nccn1C(C)c1ccc(Cl)cc1Cl. The van der Waals surface area contributed by atoms with Crippen molar-refractivity contribution in [3.63, 3.8) is 0 Å². The second-order valence-electron chi connectivity index (χ2n) is 4.78. The topological polar surface area (TPSA) is 29.9 Å². The fraction of sp³-hybridized carbons (Fsp3) is 0.400. The van der Waals surface area contributed by atoms with Gasteiger partial charge in [0.05, 0.1) is 6.04 Å². The van der Waals surface area contributed by atoms with Crippen LogP contribution < -0.4 is 5.32 Å². The van der Waals surface area contributed by atoms with Crippen molar-refractivity contribution < 1.29 is 0 Å². The van der Waals surface area contributed by atoms with E-state index in [-0.39, 0.29) is 6.04 Å². The average Bonchev–Trinajstić information content (AvgIpc) is 2.87. The van der Waals surface area contributed by atoms with E-state index in [0.717, 1.165) is 30.9 Å². The van der Waals surface area contributed by atoms with Crippen molar-refractivity contribution >= 4 is 29.2 Å². The van der Waals surface area contributed by atoms with E-state index in [9.17, 15) is 0 Å². The summed E-state index contributed by atoms with van der Waals surface area (Å²) in [6.45, 7) is 5.20. The number of nitrogens with zero attached hydrogens (tertiary/aromatic N) is 2. The summed E-state index contributed by atoms with van der Waals surface area (Å²) in [7, 11) is 0. The van der Waals surface area contributed by atoms with E-state index in [4.69, 9.17) is 23.2 Å². The van der Waals surface area contributed by atoms with E-state index < -0.39 is 0 Å². The molecule has 3 nitrogen and oxygen atoms in total. The summed E-state index contributed by atoms with van der Waals surface area (Å²) in [5.41, 5.74) is 1.03. The molecule has 0 aliphatic rings. The first-order valence-electron chi connectivity index (χ1n) is 6.85. The highest BCUT2D eigenvalue weighted by Gasteiger charge is 2.14. The van der Waals surface area contributed by atoms with Crippen molar-refractivity contribution in [2.75, 3.05) is 11.9 Å². The van der Waals surface area contributed by atoms with E-state index in [2.05, 4.69) is 28.7 Å². The van der Waals surface area contributed by atoms with Crippen LogP contribution in [-0.2, 0) is 0 Å². The third-order valence-corrected chi connectivity index (χ3v) is 3.87. The summed E-state index contributed by atoms with van der Waals surface area (Å²) < 4.78 is 2.09. The second-order valence-corrected chi connectivity index (χ2v) is 5.62. The van der Waals surface area contributed by atoms with Crippen molar-refractivity contribution in [2.24, 2.45) is 0 Å². The second kappa shape index (κ2) is 7.00. The molecule has 0 bridgehead atoms. The van der Waals surface area contributed by atoms with Crippen LogP contribution in [0.25, 0.3) is 0 Å². The molecule has 1 aromatic carbocycles. The molecular formula is C15H19Cl2N3. The van der Waals surface area contributed by atoms with Crippen LogP contribution in [0, 0.1) is 0 Å². The lowest BCUT2D eigenvalue weighted by Crippen LogP contribution is -2.13. The van der Waals surface area contributed by atoms with E-state index in [1.807, 2.05) is 18.3 Å². The third kappa shape index (κ3) is 3.47.